The van der Waals surface area contributed by atoms with E-state index in [-0.39, 0.29) is 11.0 Å². The molecule has 3 heterocycles. The second kappa shape index (κ2) is 8.44. The third-order valence-electron chi connectivity index (χ3n) is 5.96. The van der Waals surface area contributed by atoms with Crippen LogP contribution in [0.1, 0.15) is 50.7 Å². The first-order chi connectivity index (χ1) is 13.0. The first-order valence-electron chi connectivity index (χ1n) is 9.97. The molecular formula is C22H32N4O. The van der Waals surface area contributed by atoms with Crippen molar-refractivity contribution in [2.24, 2.45) is 5.41 Å². The van der Waals surface area contributed by atoms with E-state index in [1.54, 1.807) is 0 Å². The zero-order chi connectivity index (χ0) is 19.3. The van der Waals surface area contributed by atoms with Gasteiger partial charge in [-0.05, 0) is 64.8 Å². The van der Waals surface area contributed by atoms with Crippen molar-refractivity contribution >= 4 is 0 Å². The summed E-state index contributed by atoms with van der Waals surface area (Å²) in [6.07, 6.45) is 8.76. The average molecular weight is 369 g/mol. The molecule has 0 radical (unpaired) electrons. The zero-order valence-electron chi connectivity index (χ0n) is 17.1. The van der Waals surface area contributed by atoms with E-state index in [0.717, 1.165) is 57.1 Å². The van der Waals surface area contributed by atoms with E-state index >= 15 is 0 Å². The molecule has 5 heteroatoms. The molecule has 1 aliphatic heterocycles. The normalized spacial score (nSPS) is 20.9. The number of hydrogen-bond acceptors (Lipinski definition) is 5. The fourth-order valence-corrected chi connectivity index (χ4v) is 3.97. The summed E-state index contributed by atoms with van der Waals surface area (Å²) in [6, 6.07) is 6.19. The van der Waals surface area contributed by atoms with Crippen molar-refractivity contribution in [1.82, 2.24) is 19.9 Å². The van der Waals surface area contributed by atoms with Crippen molar-refractivity contribution in [1.29, 1.82) is 0 Å². The van der Waals surface area contributed by atoms with Crippen molar-refractivity contribution in [3.05, 3.63) is 53.9 Å². The Hall–Kier alpha value is -1.85. The topological polar surface area (TPSA) is 51.1 Å². The third kappa shape index (κ3) is 4.71. The zero-order valence-corrected chi connectivity index (χ0v) is 17.1. The number of rotatable bonds is 8. The second-order valence-corrected chi connectivity index (χ2v) is 8.22. The van der Waals surface area contributed by atoms with E-state index in [1.807, 2.05) is 31.6 Å². The Morgan fingerprint density at radius 3 is 2.63 bits per heavy atom. The van der Waals surface area contributed by atoms with Gasteiger partial charge in [0.15, 0.2) is 0 Å². The summed E-state index contributed by atoms with van der Waals surface area (Å²) in [6.45, 7) is 12.4. The van der Waals surface area contributed by atoms with Gasteiger partial charge in [0, 0.05) is 54.8 Å². The molecule has 1 fully saturated rings. The predicted molar refractivity (Wildman–Crippen MR) is 107 cm³/mol. The highest BCUT2D eigenvalue weighted by Gasteiger charge is 2.43. The van der Waals surface area contributed by atoms with Gasteiger partial charge in [0.1, 0.15) is 5.82 Å². The number of aryl methyl sites for hydroxylation is 2. The van der Waals surface area contributed by atoms with Crippen LogP contribution in [0.25, 0.3) is 0 Å². The highest BCUT2D eigenvalue weighted by Crippen LogP contribution is 2.41. The molecule has 0 amide bonds. The SMILES string of the molecule is CCOC[C@@]1(CCc2ncccn2)CCN(C(C)(C)c2ccc(C)nc2)C1. The van der Waals surface area contributed by atoms with Crippen molar-refractivity contribution in [3.8, 4) is 0 Å². The average Bonchev–Trinajstić information content (AvgIpc) is 3.12. The Morgan fingerprint density at radius 2 is 1.96 bits per heavy atom. The highest BCUT2D eigenvalue weighted by molar-refractivity contribution is 5.22. The van der Waals surface area contributed by atoms with Gasteiger partial charge in [-0.2, -0.15) is 0 Å². The lowest BCUT2D eigenvalue weighted by Crippen LogP contribution is -2.42. The summed E-state index contributed by atoms with van der Waals surface area (Å²) >= 11 is 0. The van der Waals surface area contributed by atoms with Gasteiger partial charge in [0.2, 0.25) is 0 Å². The summed E-state index contributed by atoms with van der Waals surface area (Å²) in [5.41, 5.74) is 2.44. The highest BCUT2D eigenvalue weighted by atomic mass is 16.5. The molecule has 0 unspecified atom stereocenters. The van der Waals surface area contributed by atoms with E-state index in [0.29, 0.717) is 0 Å². The molecule has 2 aromatic rings. The van der Waals surface area contributed by atoms with Gasteiger partial charge in [-0.15, -0.1) is 0 Å². The maximum atomic E-state index is 5.91. The molecular weight excluding hydrogens is 336 g/mol. The number of likely N-dealkylation sites (tertiary alicyclic amines) is 1. The lowest BCUT2D eigenvalue weighted by molar-refractivity contribution is 0.0382. The fourth-order valence-electron chi connectivity index (χ4n) is 3.97. The molecule has 27 heavy (non-hydrogen) atoms. The molecule has 5 nitrogen and oxygen atoms in total. The molecule has 0 bridgehead atoms. The quantitative estimate of drug-likeness (QED) is 0.710. The van der Waals surface area contributed by atoms with Gasteiger partial charge < -0.3 is 4.74 Å². The summed E-state index contributed by atoms with van der Waals surface area (Å²) in [7, 11) is 0. The molecule has 3 rings (SSSR count). The summed E-state index contributed by atoms with van der Waals surface area (Å²) < 4.78 is 5.91. The minimum atomic E-state index is -0.0437. The molecule has 1 atom stereocenters. The standard InChI is InChI=1S/C22H32N4O/c1-5-27-17-22(10-9-20-23-12-6-13-24-20)11-14-26(16-22)21(3,4)19-8-7-18(2)25-15-19/h6-8,12-13,15H,5,9-11,14,16-17H2,1-4H3/t22-/m0/s1. The number of hydrogen-bond donors (Lipinski definition) is 0. The van der Waals surface area contributed by atoms with Gasteiger partial charge in [-0.1, -0.05) is 6.07 Å². The van der Waals surface area contributed by atoms with Crippen LogP contribution in [0, 0.1) is 12.3 Å². The molecule has 146 valence electrons. The predicted octanol–water partition coefficient (Wildman–Crippen LogP) is 3.78. The fraction of sp³-hybridized carbons (Fsp3) is 0.591. The monoisotopic (exact) mass is 368 g/mol. The molecule has 0 N–H and O–H groups in total. The molecule has 1 saturated heterocycles. The molecule has 0 saturated carbocycles. The minimum absolute atomic E-state index is 0.0437. The van der Waals surface area contributed by atoms with Crippen molar-refractivity contribution < 1.29 is 4.74 Å². The lowest BCUT2D eigenvalue weighted by atomic mass is 9.82. The van der Waals surface area contributed by atoms with Crippen molar-refractivity contribution in [3.63, 3.8) is 0 Å². The van der Waals surface area contributed by atoms with Gasteiger partial charge in [-0.3, -0.25) is 9.88 Å². The van der Waals surface area contributed by atoms with Crippen LogP contribution in [0.15, 0.2) is 36.8 Å². The van der Waals surface area contributed by atoms with Crippen LogP contribution in [0.4, 0.5) is 0 Å². The smallest absolute Gasteiger partial charge is 0.128 e. The maximum Gasteiger partial charge on any atom is 0.128 e. The Kier molecular flexibility index (Phi) is 6.22. The second-order valence-electron chi connectivity index (χ2n) is 8.22. The first-order valence-corrected chi connectivity index (χ1v) is 9.97. The van der Waals surface area contributed by atoms with Crippen LogP contribution in [0.3, 0.4) is 0 Å². The molecule has 0 spiro atoms. The molecule has 2 aromatic heterocycles. The number of pyridine rings is 1. The van der Waals surface area contributed by atoms with Crippen molar-refractivity contribution in [2.45, 2.75) is 52.5 Å². The van der Waals surface area contributed by atoms with Crippen LogP contribution in [0.5, 0.6) is 0 Å². The van der Waals surface area contributed by atoms with Crippen LogP contribution < -0.4 is 0 Å². The van der Waals surface area contributed by atoms with Crippen LogP contribution in [-0.4, -0.2) is 46.2 Å². The van der Waals surface area contributed by atoms with Crippen LogP contribution in [0.2, 0.25) is 0 Å². The lowest BCUT2D eigenvalue weighted by Gasteiger charge is -2.38. The molecule has 0 aromatic carbocycles. The minimum Gasteiger partial charge on any atom is -0.381 e. The Labute approximate surface area is 163 Å². The molecule has 0 aliphatic carbocycles. The van der Waals surface area contributed by atoms with Gasteiger partial charge in [0.25, 0.3) is 0 Å². The largest absolute Gasteiger partial charge is 0.381 e. The number of ether oxygens (including phenoxy) is 1. The van der Waals surface area contributed by atoms with Gasteiger partial charge in [-0.25, -0.2) is 9.97 Å². The Balaban J connectivity index is 1.73. The van der Waals surface area contributed by atoms with E-state index in [4.69, 9.17) is 4.74 Å². The van der Waals surface area contributed by atoms with E-state index in [1.165, 1.54) is 5.56 Å². The van der Waals surface area contributed by atoms with Gasteiger partial charge in [0.05, 0.1) is 6.61 Å². The Morgan fingerprint density at radius 1 is 1.19 bits per heavy atom. The summed E-state index contributed by atoms with van der Waals surface area (Å²) in [5.74, 6) is 0.925. The maximum absolute atomic E-state index is 5.91. The number of aromatic nitrogens is 3. The Bertz CT molecular complexity index is 717. The van der Waals surface area contributed by atoms with E-state index in [9.17, 15) is 0 Å². The van der Waals surface area contributed by atoms with Crippen LogP contribution in [-0.2, 0) is 16.7 Å². The molecule has 1 aliphatic rings. The van der Waals surface area contributed by atoms with Crippen molar-refractivity contribution in [2.75, 3.05) is 26.3 Å². The van der Waals surface area contributed by atoms with E-state index in [2.05, 4.69) is 52.8 Å². The van der Waals surface area contributed by atoms with Crippen LogP contribution >= 0.6 is 0 Å². The summed E-state index contributed by atoms with van der Waals surface area (Å²) in [5, 5.41) is 0. The van der Waals surface area contributed by atoms with E-state index < -0.39 is 0 Å². The first kappa shape index (κ1) is 19.9. The summed E-state index contributed by atoms with van der Waals surface area (Å²) in [4.78, 5) is 15.9. The van der Waals surface area contributed by atoms with Gasteiger partial charge >= 0.3 is 0 Å². The third-order valence-corrected chi connectivity index (χ3v) is 5.96. The number of nitrogens with zero attached hydrogens (tertiary/aromatic N) is 4.